The molecular weight excluding hydrogens is 337 g/mol. The van der Waals surface area contributed by atoms with Gasteiger partial charge in [-0.05, 0) is 25.1 Å². The van der Waals surface area contributed by atoms with E-state index in [2.05, 4.69) is 20.7 Å². The lowest BCUT2D eigenvalue weighted by Gasteiger charge is -2.18. The molecule has 1 amide bonds. The van der Waals surface area contributed by atoms with Crippen molar-refractivity contribution < 1.29 is 13.9 Å². The maximum atomic E-state index is 14.1. The van der Waals surface area contributed by atoms with Gasteiger partial charge in [0.1, 0.15) is 29.1 Å². The van der Waals surface area contributed by atoms with Gasteiger partial charge in [-0.3, -0.25) is 4.79 Å². The van der Waals surface area contributed by atoms with Gasteiger partial charge in [-0.1, -0.05) is 0 Å². The zero-order chi connectivity index (χ0) is 17.8. The number of benzene rings is 1. The van der Waals surface area contributed by atoms with Crippen LogP contribution in [0.15, 0.2) is 30.6 Å². The van der Waals surface area contributed by atoms with E-state index in [1.807, 2.05) is 6.92 Å². The Morgan fingerprint density at radius 3 is 3.15 bits per heavy atom. The minimum atomic E-state index is -0.297. The third kappa shape index (κ3) is 2.29. The summed E-state index contributed by atoms with van der Waals surface area (Å²) >= 11 is 0. The Bertz CT molecular complexity index is 1050. The summed E-state index contributed by atoms with van der Waals surface area (Å²) in [5.74, 6) is 0.706. The molecule has 4 heterocycles. The number of aromatic nitrogens is 3. The summed E-state index contributed by atoms with van der Waals surface area (Å²) in [6.07, 6.45) is 3.56. The first kappa shape index (κ1) is 15.1. The molecule has 0 saturated carbocycles. The number of hydrogen-bond acceptors (Lipinski definition) is 5. The van der Waals surface area contributed by atoms with Gasteiger partial charge >= 0.3 is 0 Å². The summed E-state index contributed by atoms with van der Waals surface area (Å²) in [5, 5.41) is 10.3. The fourth-order valence-electron chi connectivity index (χ4n) is 3.57. The van der Waals surface area contributed by atoms with Crippen molar-refractivity contribution in [2.45, 2.75) is 25.5 Å². The molecule has 1 aromatic carbocycles. The van der Waals surface area contributed by atoms with Crippen LogP contribution >= 0.6 is 0 Å². The summed E-state index contributed by atoms with van der Waals surface area (Å²) in [5.41, 5.74) is 2.43. The molecule has 2 N–H and O–H groups in total. The number of halogens is 1. The Hall–Kier alpha value is -3.16. The van der Waals surface area contributed by atoms with Crippen molar-refractivity contribution in [3.63, 3.8) is 0 Å². The number of amides is 1. The first-order chi connectivity index (χ1) is 12.6. The summed E-state index contributed by atoms with van der Waals surface area (Å²) in [7, 11) is 0. The Morgan fingerprint density at radius 2 is 2.27 bits per heavy atom. The fraction of sp³-hybridized carbons (Fsp3) is 0.278. The average Bonchev–Trinajstić information content (AvgIpc) is 3.21. The van der Waals surface area contributed by atoms with Crippen molar-refractivity contribution in [1.29, 1.82) is 0 Å². The van der Waals surface area contributed by atoms with Crippen LogP contribution in [0.5, 0.6) is 5.75 Å². The van der Waals surface area contributed by atoms with Crippen molar-refractivity contribution >= 4 is 17.4 Å². The molecule has 0 radical (unpaired) electrons. The van der Waals surface area contributed by atoms with Crippen LogP contribution in [0.3, 0.4) is 0 Å². The lowest BCUT2D eigenvalue weighted by molar-refractivity contribution is 0.0935. The number of carbonyl (C=O) groups is 1. The van der Waals surface area contributed by atoms with Crippen LogP contribution < -0.4 is 15.4 Å². The molecule has 2 aliphatic rings. The zero-order valence-corrected chi connectivity index (χ0v) is 14.0. The van der Waals surface area contributed by atoms with E-state index < -0.39 is 0 Å². The highest BCUT2D eigenvalue weighted by atomic mass is 19.1. The van der Waals surface area contributed by atoms with Gasteiger partial charge in [0.25, 0.3) is 5.91 Å². The number of hydrogen-bond donors (Lipinski definition) is 2. The Kier molecular flexibility index (Phi) is 3.15. The van der Waals surface area contributed by atoms with E-state index in [9.17, 15) is 9.18 Å². The van der Waals surface area contributed by atoms with Gasteiger partial charge in [-0.25, -0.2) is 13.9 Å². The monoisotopic (exact) mass is 353 g/mol. The number of rotatable bonds is 0. The molecule has 2 aliphatic heterocycles. The number of carbonyl (C=O) groups excluding carboxylic acids is 1. The quantitative estimate of drug-likeness (QED) is 0.647. The first-order valence-electron chi connectivity index (χ1n) is 8.46. The van der Waals surface area contributed by atoms with E-state index in [-0.39, 0.29) is 23.9 Å². The molecule has 0 spiro atoms. The van der Waals surface area contributed by atoms with Crippen LogP contribution in [-0.2, 0) is 6.42 Å². The molecule has 8 heteroatoms. The highest BCUT2D eigenvalue weighted by Crippen LogP contribution is 2.37. The lowest BCUT2D eigenvalue weighted by atomic mass is 10.0. The molecule has 26 heavy (non-hydrogen) atoms. The summed E-state index contributed by atoms with van der Waals surface area (Å²) in [4.78, 5) is 17.0. The molecule has 0 fully saturated rings. The highest BCUT2D eigenvalue weighted by Gasteiger charge is 2.29. The smallest absolute Gasteiger partial charge is 0.256 e. The van der Waals surface area contributed by atoms with Gasteiger partial charge < -0.3 is 15.4 Å². The molecule has 1 unspecified atom stereocenters. The molecule has 4 bridgehead atoms. The normalized spacial score (nSPS) is 21.4. The molecule has 132 valence electrons. The minimum Gasteiger partial charge on any atom is -0.488 e. The summed E-state index contributed by atoms with van der Waals surface area (Å²) in [6, 6.07) is 4.53. The van der Waals surface area contributed by atoms with Gasteiger partial charge in [0, 0.05) is 23.7 Å². The van der Waals surface area contributed by atoms with Crippen molar-refractivity contribution in [2.24, 2.45) is 0 Å². The number of anilines is 1. The van der Waals surface area contributed by atoms with E-state index >= 15 is 0 Å². The number of ether oxygens (including phenoxy) is 1. The third-order valence-electron chi connectivity index (χ3n) is 4.83. The third-order valence-corrected chi connectivity index (χ3v) is 4.83. The lowest BCUT2D eigenvalue weighted by Crippen LogP contribution is -2.34. The van der Waals surface area contributed by atoms with Gasteiger partial charge in [0.15, 0.2) is 5.65 Å². The second kappa shape index (κ2) is 5.42. The van der Waals surface area contributed by atoms with E-state index in [0.29, 0.717) is 35.7 Å². The highest BCUT2D eigenvalue weighted by molar-refractivity contribution is 5.99. The van der Waals surface area contributed by atoms with Crippen LogP contribution in [0.4, 0.5) is 10.2 Å². The van der Waals surface area contributed by atoms with E-state index in [1.165, 1.54) is 18.3 Å². The standard InChI is InChI=1S/C18H16FN5O2/c1-9-13-6-11(19)4-10-5-12(26-16(10)13)7-20-18(25)14-8-21-24-3-2-15(22-9)23-17(14)24/h2-4,6,8-9,12H,5,7H2,1H3,(H,20,25)(H,22,23)/t9-,12?/m1/s1. The van der Waals surface area contributed by atoms with E-state index in [1.54, 1.807) is 16.8 Å². The Balaban J connectivity index is 1.65. The van der Waals surface area contributed by atoms with Crippen LogP contribution in [0.25, 0.3) is 5.65 Å². The number of fused-ring (bicyclic) bond motifs is 2. The molecular formula is C18H16FN5O2. The maximum absolute atomic E-state index is 14.1. The maximum Gasteiger partial charge on any atom is 0.256 e. The Labute approximate surface area is 148 Å². The minimum absolute atomic E-state index is 0.219. The van der Waals surface area contributed by atoms with E-state index in [4.69, 9.17) is 4.74 Å². The summed E-state index contributed by atoms with van der Waals surface area (Å²) < 4.78 is 21.7. The van der Waals surface area contributed by atoms with Gasteiger partial charge in [0.2, 0.25) is 0 Å². The molecule has 7 nitrogen and oxygen atoms in total. The van der Waals surface area contributed by atoms with Crippen LogP contribution in [0.2, 0.25) is 0 Å². The number of nitrogens with one attached hydrogen (secondary N) is 2. The predicted octanol–water partition coefficient (Wildman–Crippen LogP) is 2.09. The van der Waals surface area contributed by atoms with Crippen LogP contribution in [-0.4, -0.2) is 33.2 Å². The second-order valence-corrected chi connectivity index (χ2v) is 6.64. The Morgan fingerprint density at radius 1 is 1.38 bits per heavy atom. The number of nitrogens with zero attached hydrogens (tertiary/aromatic N) is 3. The average molecular weight is 353 g/mol. The largest absolute Gasteiger partial charge is 0.488 e. The molecule has 3 aromatic rings. The van der Waals surface area contributed by atoms with Crippen molar-refractivity contribution in [3.8, 4) is 5.75 Å². The SMILES string of the molecule is C[C@H]1Nc2ccn3ncc(c3n2)C(=O)NCC2Cc3cc(F)cc1c3O2. The van der Waals surface area contributed by atoms with Gasteiger partial charge in [-0.15, -0.1) is 0 Å². The van der Waals surface area contributed by atoms with E-state index in [0.717, 1.165) is 11.1 Å². The summed E-state index contributed by atoms with van der Waals surface area (Å²) in [6.45, 7) is 2.26. The van der Waals surface area contributed by atoms with Crippen molar-refractivity contribution in [1.82, 2.24) is 19.9 Å². The molecule has 2 atom stereocenters. The molecule has 5 rings (SSSR count). The van der Waals surface area contributed by atoms with Crippen LogP contribution in [0, 0.1) is 5.82 Å². The molecule has 2 aromatic heterocycles. The first-order valence-corrected chi connectivity index (χ1v) is 8.46. The fourth-order valence-corrected chi connectivity index (χ4v) is 3.57. The molecule has 0 saturated heterocycles. The second-order valence-electron chi connectivity index (χ2n) is 6.64. The van der Waals surface area contributed by atoms with Crippen molar-refractivity contribution in [3.05, 3.63) is 53.1 Å². The van der Waals surface area contributed by atoms with Crippen molar-refractivity contribution in [2.75, 3.05) is 11.9 Å². The molecule has 0 aliphatic carbocycles. The zero-order valence-electron chi connectivity index (χ0n) is 14.0. The topological polar surface area (TPSA) is 80.5 Å². The van der Waals surface area contributed by atoms with Gasteiger partial charge in [0.05, 0.1) is 18.8 Å². The predicted molar refractivity (Wildman–Crippen MR) is 91.9 cm³/mol. The van der Waals surface area contributed by atoms with Crippen LogP contribution in [0.1, 0.15) is 34.5 Å². The van der Waals surface area contributed by atoms with Gasteiger partial charge in [-0.2, -0.15) is 5.10 Å².